The third kappa shape index (κ3) is 2.38. The van der Waals surface area contributed by atoms with Gasteiger partial charge in [0.15, 0.2) is 4.88 Å². The number of carboxylic acid groups (broad SMARTS) is 1. The van der Waals surface area contributed by atoms with E-state index in [1.165, 1.54) is 30.6 Å². The number of aryl methyl sites for hydroxylation is 1. The average Bonchev–Trinajstić information content (AvgIpc) is 2.59. The summed E-state index contributed by atoms with van der Waals surface area (Å²) >= 11 is 1.32. The molecule has 0 amide bonds. The van der Waals surface area contributed by atoms with Crippen molar-refractivity contribution < 1.29 is 14.6 Å². The summed E-state index contributed by atoms with van der Waals surface area (Å²) in [6.07, 6.45) is 4.57. The molecule has 1 fully saturated rings. The van der Waals surface area contributed by atoms with E-state index in [0.717, 1.165) is 11.3 Å². The molecule has 1 aliphatic carbocycles. The molecule has 4 heteroatoms. The van der Waals surface area contributed by atoms with Crippen LogP contribution in [0, 0.1) is 5.92 Å². The second-order valence-corrected chi connectivity index (χ2v) is 5.31. The fourth-order valence-electron chi connectivity index (χ4n) is 1.72. The first kappa shape index (κ1) is 11.5. The Morgan fingerprint density at radius 2 is 2.38 bits per heavy atom. The van der Waals surface area contributed by atoms with Crippen LogP contribution in [-0.4, -0.2) is 17.7 Å². The standard InChI is InChI=1S/C12H16O3S/c1-2-9-6-10(11(16-9)12(13)14)15-7-8-4-3-5-8/h6,8H,2-5,7H2,1H3,(H,13,14). The van der Waals surface area contributed by atoms with Crippen LogP contribution < -0.4 is 4.74 Å². The smallest absolute Gasteiger partial charge is 0.349 e. The Kier molecular flexibility index (Phi) is 3.49. The normalized spacial score (nSPS) is 15.8. The summed E-state index contributed by atoms with van der Waals surface area (Å²) in [7, 11) is 0. The van der Waals surface area contributed by atoms with Gasteiger partial charge in [-0.05, 0) is 31.2 Å². The second-order valence-electron chi connectivity index (χ2n) is 4.17. The first-order valence-corrected chi connectivity index (χ1v) is 6.51. The van der Waals surface area contributed by atoms with Crippen molar-refractivity contribution in [2.75, 3.05) is 6.61 Å². The van der Waals surface area contributed by atoms with Crippen molar-refractivity contribution in [1.82, 2.24) is 0 Å². The van der Waals surface area contributed by atoms with Gasteiger partial charge in [0.2, 0.25) is 0 Å². The third-order valence-electron chi connectivity index (χ3n) is 2.99. The third-order valence-corrected chi connectivity index (χ3v) is 4.24. The average molecular weight is 240 g/mol. The zero-order valence-corrected chi connectivity index (χ0v) is 10.2. The SMILES string of the molecule is CCc1cc(OCC2CCC2)c(C(=O)O)s1. The number of hydrogen-bond donors (Lipinski definition) is 1. The Labute approximate surface area is 99.1 Å². The minimum atomic E-state index is -0.881. The van der Waals surface area contributed by atoms with E-state index in [4.69, 9.17) is 9.84 Å². The number of ether oxygens (including phenoxy) is 1. The molecular formula is C12H16O3S. The fourth-order valence-corrected chi connectivity index (χ4v) is 2.60. The van der Waals surface area contributed by atoms with E-state index in [-0.39, 0.29) is 0 Å². The van der Waals surface area contributed by atoms with Crippen molar-refractivity contribution >= 4 is 17.3 Å². The highest BCUT2D eigenvalue weighted by Crippen LogP contribution is 2.32. The fraction of sp³-hybridized carbons (Fsp3) is 0.583. The van der Waals surface area contributed by atoms with Crippen LogP contribution in [0.4, 0.5) is 0 Å². The van der Waals surface area contributed by atoms with Crippen LogP contribution in [0.15, 0.2) is 6.07 Å². The number of carbonyl (C=O) groups is 1. The molecule has 1 N–H and O–H groups in total. The van der Waals surface area contributed by atoms with Crippen LogP contribution in [0.2, 0.25) is 0 Å². The molecule has 1 aromatic rings. The van der Waals surface area contributed by atoms with Gasteiger partial charge in [0, 0.05) is 4.88 Å². The van der Waals surface area contributed by atoms with Crippen molar-refractivity contribution in [3.63, 3.8) is 0 Å². The van der Waals surface area contributed by atoms with Crippen LogP contribution in [0.25, 0.3) is 0 Å². The van der Waals surface area contributed by atoms with Crippen molar-refractivity contribution in [3.05, 3.63) is 15.8 Å². The highest BCUT2D eigenvalue weighted by molar-refractivity contribution is 7.14. The van der Waals surface area contributed by atoms with Gasteiger partial charge in [0.25, 0.3) is 0 Å². The summed E-state index contributed by atoms with van der Waals surface area (Å²) in [4.78, 5) is 12.4. The van der Waals surface area contributed by atoms with Crippen molar-refractivity contribution in [2.24, 2.45) is 5.92 Å². The molecule has 1 saturated carbocycles. The zero-order valence-electron chi connectivity index (χ0n) is 9.36. The van der Waals surface area contributed by atoms with Gasteiger partial charge in [-0.25, -0.2) is 4.79 Å². The number of carboxylic acids is 1. The highest BCUT2D eigenvalue weighted by atomic mass is 32.1. The zero-order chi connectivity index (χ0) is 11.5. The second kappa shape index (κ2) is 4.87. The van der Waals surface area contributed by atoms with Gasteiger partial charge >= 0.3 is 5.97 Å². The molecule has 0 unspecified atom stereocenters. The van der Waals surface area contributed by atoms with Crippen molar-refractivity contribution in [3.8, 4) is 5.75 Å². The molecule has 1 aromatic heterocycles. The number of thiophene rings is 1. The van der Waals surface area contributed by atoms with Crippen LogP contribution in [0.3, 0.4) is 0 Å². The van der Waals surface area contributed by atoms with E-state index >= 15 is 0 Å². The molecule has 0 atom stereocenters. The van der Waals surface area contributed by atoms with Crippen LogP contribution in [0.1, 0.15) is 40.7 Å². The number of rotatable bonds is 5. The lowest BCUT2D eigenvalue weighted by molar-refractivity contribution is 0.0696. The molecule has 16 heavy (non-hydrogen) atoms. The van der Waals surface area contributed by atoms with E-state index in [1.807, 2.05) is 13.0 Å². The van der Waals surface area contributed by atoms with E-state index in [2.05, 4.69) is 0 Å². The van der Waals surface area contributed by atoms with Gasteiger partial charge in [-0.3, -0.25) is 0 Å². The first-order valence-electron chi connectivity index (χ1n) is 5.69. The van der Waals surface area contributed by atoms with Crippen LogP contribution in [-0.2, 0) is 6.42 Å². The van der Waals surface area contributed by atoms with Crippen LogP contribution >= 0.6 is 11.3 Å². The van der Waals surface area contributed by atoms with E-state index in [1.54, 1.807) is 0 Å². The maximum absolute atomic E-state index is 11.0. The Balaban J connectivity index is 2.04. The summed E-state index contributed by atoms with van der Waals surface area (Å²) in [5.41, 5.74) is 0. The first-order chi connectivity index (χ1) is 7.70. The Morgan fingerprint density at radius 3 is 2.88 bits per heavy atom. The summed E-state index contributed by atoms with van der Waals surface area (Å²) in [5.74, 6) is 0.307. The predicted molar refractivity (Wildman–Crippen MR) is 63.5 cm³/mol. The van der Waals surface area contributed by atoms with E-state index in [0.29, 0.717) is 23.2 Å². The quantitative estimate of drug-likeness (QED) is 0.859. The minimum absolute atomic E-state index is 0.344. The number of aromatic carboxylic acids is 1. The van der Waals surface area contributed by atoms with Gasteiger partial charge in [-0.2, -0.15) is 0 Å². The predicted octanol–water partition coefficient (Wildman–Crippen LogP) is 3.19. The maximum atomic E-state index is 11.0. The molecule has 3 nitrogen and oxygen atoms in total. The topological polar surface area (TPSA) is 46.5 Å². The molecule has 0 aromatic carbocycles. The summed E-state index contributed by atoms with van der Waals surface area (Å²) in [5, 5.41) is 9.04. The summed E-state index contributed by atoms with van der Waals surface area (Å²) in [6.45, 7) is 2.69. The van der Waals surface area contributed by atoms with Crippen molar-refractivity contribution in [2.45, 2.75) is 32.6 Å². The van der Waals surface area contributed by atoms with Gasteiger partial charge in [-0.15, -0.1) is 11.3 Å². The van der Waals surface area contributed by atoms with Gasteiger partial charge in [0.1, 0.15) is 5.75 Å². The molecule has 0 spiro atoms. The highest BCUT2D eigenvalue weighted by Gasteiger charge is 2.21. The lowest BCUT2D eigenvalue weighted by atomic mass is 9.86. The minimum Gasteiger partial charge on any atom is -0.491 e. The molecule has 0 bridgehead atoms. The molecule has 88 valence electrons. The Hall–Kier alpha value is -1.03. The van der Waals surface area contributed by atoms with E-state index in [9.17, 15) is 4.79 Å². The largest absolute Gasteiger partial charge is 0.491 e. The lowest BCUT2D eigenvalue weighted by Crippen LogP contribution is -2.19. The molecule has 0 radical (unpaired) electrons. The molecule has 1 aliphatic rings. The molecule has 2 rings (SSSR count). The van der Waals surface area contributed by atoms with Gasteiger partial charge in [-0.1, -0.05) is 13.3 Å². The van der Waals surface area contributed by atoms with Crippen LogP contribution in [0.5, 0.6) is 5.75 Å². The maximum Gasteiger partial charge on any atom is 0.349 e. The van der Waals surface area contributed by atoms with Gasteiger partial charge < -0.3 is 9.84 Å². The molecule has 0 saturated heterocycles. The molecular weight excluding hydrogens is 224 g/mol. The Bertz CT molecular complexity index is 380. The van der Waals surface area contributed by atoms with Crippen molar-refractivity contribution in [1.29, 1.82) is 0 Å². The number of hydrogen-bond acceptors (Lipinski definition) is 3. The molecule has 1 heterocycles. The lowest BCUT2D eigenvalue weighted by Gasteiger charge is -2.24. The van der Waals surface area contributed by atoms with Gasteiger partial charge in [0.05, 0.1) is 6.61 Å². The monoisotopic (exact) mass is 240 g/mol. The van der Waals surface area contributed by atoms with E-state index < -0.39 is 5.97 Å². The summed E-state index contributed by atoms with van der Waals surface area (Å²) < 4.78 is 5.61. The Morgan fingerprint density at radius 1 is 1.62 bits per heavy atom. The molecule has 0 aliphatic heterocycles. The summed E-state index contributed by atoms with van der Waals surface area (Å²) in [6, 6.07) is 1.87.